The highest BCUT2D eigenvalue weighted by atomic mass is 16.3. The number of nitrogens with zero attached hydrogens (tertiary/aromatic N) is 1. The third-order valence-electron chi connectivity index (χ3n) is 3.15. The number of nitrogens with one attached hydrogen (secondary N) is 1. The Labute approximate surface area is 95.6 Å². The summed E-state index contributed by atoms with van der Waals surface area (Å²) in [4.78, 5) is 13.8. The summed E-state index contributed by atoms with van der Waals surface area (Å²) in [6.45, 7) is 3.59. The van der Waals surface area contributed by atoms with Crippen molar-refractivity contribution < 1.29 is 9.21 Å². The van der Waals surface area contributed by atoms with Gasteiger partial charge in [-0.15, -0.1) is 0 Å². The first-order valence-corrected chi connectivity index (χ1v) is 5.69. The van der Waals surface area contributed by atoms with Crippen LogP contribution in [0.5, 0.6) is 0 Å². The van der Waals surface area contributed by atoms with Crippen molar-refractivity contribution in [2.24, 2.45) is 5.92 Å². The van der Waals surface area contributed by atoms with Crippen LogP contribution in [0.15, 0.2) is 22.8 Å². The SMILES string of the molecule is CC1CCNC1C(=O)N(C)Cc1ccco1. The average Bonchev–Trinajstić information content (AvgIpc) is 2.88. The molecule has 1 aromatic heterocycles. The van der Waals surface area contributed by atoms with E-state index in [0.717, 1.165) is 18.7 Å². The average molecular weight is 222 g/mol. The summed E-state index contributed by atoms with van der Waals surface area (Å²) in [6.07, 6.45) is 2.70. The zero-order chi connectivity index (χ0) is 11.5. The maximum Gasteiger partial charge on any atom is 0.240 e. The van der Waals surface area contributed by atoms with Crippen molar-refractivity contribution in [3.8, 4) is 0 Å². The van der Waals surface area contributed by atoms with E-state index in [4.69, 9.17) is 4.42 Å². The van der Waals surface area contributed by atoms with E-state index in [2.05, 4.69) is 12.2 Å². The number of rotatable bonds is 3. The molecule has 0 spiro atoms. The molecule has 1 saturated heterocycles. The van der Waals surface area contributed by atoms with Crippen LogP contribution in [0.2, 0.25) is 0 Å². The molecule has 4 nitrogen and oxygen atoms in total. The Morgan fingerprint density at radius 3 is 3.06 bits per heavy atom. The fourth-order valence-corrected chi connectivity index (χ4v) is 2.12. The molecule has 1 N–H and O–H groups in total. The van der Waals surface area contributed by atoms with Gasteiger partial charge in [0.15, 0.2) is 0 Å². The third-order valence-corrected chi connectivity index (χ3v) is 3.15. The molecule has 2 rings (SSSR count). The van der Waals surface area contributed by atoms with Gasteiger partial charge in [-0.1, -0.05) is 6.92 Å². The molecule has 2 unspecified atom stereocenters. The number of furan rings is 1. The molecule has 2 heterocycles. The van der Waals surface area contributed by atoms with Gasteiger partial charge < -0.3 is 14.6 Å². The van der Waals surface area contributed by atoms with E-state index in [1.807, 2.05) is 19.2 Å². The molecule has 0 aliphatic carbocycles. The fraction of sp³-hybridized carbons (Fsp3) is 0.583. The Hall–Kier alpha value is -1.29. The lowest BCUT2D eigenvalue weighted by atomic mass is 10.0. The van der Waals surface area contributed by atoms with Crippen molar-refractivity contribution in [2.45, 2.75) is 25.9 Å². The first-order chi connectivity index (χ1) is 7.68. The summed E-state index contributed by atoms with van der Waals surface area (Å²) in [5.74, 6) is 1.40. The van der Waals surface area contributed by atoms with Gasteiger partial charge >= 0.3 is 0 Å². The van der Waals surface area contributed by atoms with Gasteiger partial charge in [0.1, 0.15) is 5.76 Å². The maximum atomic E-state index is 12.1. The Balaban J connectivity index is 1.94. The number of carbonyl (C=O) groups is 1. The minimum absolute atomic E-state index is 0.0278. The van der Waals surface area contributed by atoms with Crippen LogP contribution in [0.1, 0.15) is 19.1 Å². The molecular weight excluding hydrogens is 204 g/mol. The van der Waals surface area contributed by atoms with E-state index in [1.54, 1.807) is 11.2 Å². The van der Waals surface area contributed by atoms with E-state index in [0.29, 0.717) is 12.5 Å². The molecule has 0 aromatic carbocycles. The van der Waals surface area contributed by atoms with Gasteiger partial charge in [-0.2, -0.15) is 0 Å². The van der Waals surface area contributed by atoms with Gasteiger partial charge in [-0.3, -0.25) is 4.79 Å². The zero-order valence-electron chi connectivity index (χ0n) is 9.77. The van der Waals surface area contributed by atoms with Gasteiger partial charge in [-0.25, -0.2) is 0 Å². The Bertz CT molecular complexity index is 348. The second-order valence-electron chi connectivity index (χ2n) is 4.47. The molecule has 88 valence electrons. The predicted octanol–water partition coefficient (Wildman–Crippen LogP) is 1.24. The molecule has 1 aromatic rings. The Kier molecular flexibility index (Phi) is 3.29. The summed E-state index contributed by atoms with van der Waals surface area (Å²) < 4.78 is 5.23. The molecule has 1 aliphatic heterocycles. The van der Waals surface area contributed by atoms with Crippen molar-refractivity contribution in [1.29, 1.82) is 0 Å². The highest BCUT2D eigenvalue weighted by Gasteiger charge is 2.31. The van der Waals surface area contributed by atoms with Gasteiger partial charge in [0.25, 0.3) is 0 Å². The lowest BCUT2D eigenvalue weighted by Gasteiger charge is -2.22. The normalized spacial score (nSPS) is 24.6. The molecule has 0 saturated carbocycles. The van der Waals surface area contributed by atoms with Crippen LogP contribution < -0.4 is 5.32 Å². The standard InChI is InChI=1S/C12H18N2O2/c1-9-5-6-13-11(9)12(15)14(2)8-10-4-3-7-16-10/h3-4,7,9,11,13H,5-6,8H2,1-2H3. The maximum absolute atomic E-state index is 12.1. The molecule has 1 fully saturated rings. The second-order valence-corrected chi connectivity index (χ2v) is 4.47. The summed E-state index contributed by atoms with van der Waals surface area (Å²) in [7, 11) is 1.82. The van der Waals surface area contributed by atoms with Crippen LogP contribution in [0.25, 0.3) is 0 Å². The Morgan fingerprint density at radius 1 is 1.69 bits per heavy atom. The molecule has 0 bridgehead atoms. The summed E-state index contributed by atoms with van der Waals surface area (Å²) in [5.41, 5.74) is 0. The minimum Gasteiger partial charge on any atom is -0.467 e. The minimum atomic E-state index is -0.0278. The lowest BCUT2D eigenvalue weighted by molar-refractivity contribution is -0.133. The van der Waals surface area contributed by atoms with Crippen LogP contribution in [0.3, 0.4) is 0 Å². The van der Waals surface area contributed by atoms with E-state index in [9.17, 15) is 4.79 Å². The van der Waals surface area contributed by atoms with Gasteiger partial charge in [-0.05, 0) is 31.0 Å². The fourth-order valence-electron chi connectivity index (χ4n) is 2.12. The summed E-state index contributed by atoms with van der Waals surface area (Å²) >= 11 is 0. The van der Waals surface area contributed by atoms with Crippen LogP contribution in [0, 0.1) is 5.92 Å². The summed E-state index contributed by atoms with van der Waals surface area (Å²) in [5, 5.41) is 3.24. The van der Waals surface area contributed by atoms with Gasteiger partial charge in [0, 0.05) is 7.05 Å². The quantitative estimate of drug-likeness (QED) is 0.836. The van der Waals surface area contributed by atoms with Crippen molar-refractivity contribution in [3.05, 3.63) is 24.2 Å². The second kappa shape index (κ2) is 4.70. The zero-order valence-corrected chi connectivity index (χ0v) is 9.77. The topological polar surface area (TPSA) is 45.5 Å². The number of hydrogen-bond acceptors (Lipinski definition) is 3. The lowest BCUT2D eigenvalue weighted by Crippen LogP contribution is -2.43. The highest BCUT2D eigenvalue weighted by Crippen LogP contribution is 2.17. The summed E-state index contributed by atoms with van der Waals surface area (Å²) in [6, 6.07) is 3.69. The number of hydrogen-bond donors (Lipinski definition) is 1. The largest absolute Gasteiger partial charge is 0.467 e. The van der Waals surface area contributed by atoms with Crippen LogP contribution in [-0.2, 0) is 11.3 Å². The Morgan fingerprint density at radius 2 is 2.50 bits per heavy atom. The first-order valence-electron chi connectivity index (χ1n) is 5.69. The number of amides is 1. The molecule has 1 aliphatic rings. The predicted molar refractivity (Wildman–Crippen MR) is 60.8 cm³/mol. The van der Waals surface area contributed by atoms with Crippen molar-refractivity contribution in [3.63, 3.8) is 0 Å². The van der Waals surface area contributed by atoms with E-state index < -0.39 is 0 Å². The third kappa shape index (κ3) is 2.27. The molecule has 1 amide bonds. The van der Waals surface area contributed by atoms with Crippen LogP contribution in [0.4, 0.5) is 0 Å². The van der Waals surface area contributed by atoms with Crippen LogP contribution in [-0.4, -0.2) is 30.4 Å². The number of likely N-dealkylation sites (N-methyl/N-ethyl adjacent to an activating group) is 1. The van der Waals surface area contributed by atoms with Gasteiger partial charge in [0.2, 0.25) is 5.91 Å². The first kappa shape index (κ1) is 11.2. The van der Waals surface area contributed by atoms with E-state index in [-0.39, 0.29) is 11.9 Å². The molecule has 0 radical (unpaired) electrons. The van der Waals surface area contributed by atoms with Gasteiger partial charge in [0.05, 0.1) is 18.8 Å². The highest BCUT2D eigenvalue weighted by molar-refractivity contribution is 5.82. The monoisotopic (exact) mass is 222 g/mol. The van der Waals surface area contributed by atoms with Crippen molar-refractivity contribution in [2.75, 3.05) is 13.6 Å². The molecular formula is C12H18N2O2. The molecule has 4 heteroatoms. The van der Waals surface area contributed by atoms with Crippen LogP contribution >= 0.6 is 0 Å². The van der Waals surface area contributed by atoms with E-state index >= 15 is 0 Å². The van der Waals surface area contributed by atoms with Crippen molar-refractivity contribution in [1.82, 2.24) is 10.2 Å². The molecule has 2 atom stereocenters. The smallest absolute Gasteiger partial charge is 0.240 e. The number of carbonyl (C=O) groups excluding carboxylic acids is 1. The van der Waals surface area contributed by atoms with E-state index in [1.165, 1.54) is 0 Å². The molecule has 16 heavy (non-hydrogen) atoms. The van der Waals surface area contributed by atoms with Crippen molar-refractivity contribution >= 4 is 5.91 Å².